The Balaban J connectivity index is 2.25. The van der Waals surface area contributed by atoms with Gasteiger partial charge in [0.1, 0.15) is 0 Å². The third kappa shape index (κ3) is 1.94. The topological polar surface area (TPSA) is 12.0 Å². The second-order valence-corrected chi connectivity index (χ2v) is 4.51. The summed E-state index contributed by atoms with van der Waals surface area (Å²) in [6.07, 6.45) is 2.58. The third-order valence-electron chi connectivity index (χ3n) is 2.64. The van der Waals surface area contributed by atoms with Crippen LogP contribution in [-0.2, 0) is 0 Å². The number of halogens is 1. The third-order valence-corrected chi connectivity index (χ3v) is 3.53. The van der Waals surface area contributed by atoms with E-state index in [2.05, 4.69) is 46.4 Å². The monoisotopic (exact) mass is 239 g/mol. The largest absolute Gasteiger partial charge is 0.310 e. The summed E-state index contributed by atoms with van der Waals surface area (Å²) in [5.41, 5.74) is 2.75. The molecule has 0 spiro atoms. The lowest BCUT2D eigenvalue weighted by molar-refractivity contribution is 0.647. The van der Waals surface area contributed by atoms with E-state index in [0.29, 0.717) is 6.04 Å². The lowest BCUT2D eigenvalue weighted by Gasteiger charge is -2.11. The predicted octanol–water partition coefficient (Wildman–Crippen LogP) is 3.18. The first kappa shape index (κ1) is 9.22. The zero-order chi connectivity index (χ0) is 9.26. The van der Waals surface area contributed by atoms with Crippen molar-refractivity contribution in [2.24, 2.45) is 0 Å². The molecule has 0 saturated carbocycles. The van der Waals surface area contributed by atoms with E-state index in [9.17, 15) is 0 Å². The average molecular weight is 240 g/mol. The number of rotatable bonds is 1. The summed E-state index contributed by atoms with van der Waals surface area (Å²) in [5.74, 6) is 0. The molecule has 0 aliphatic carbocycles. The number of hydrogen-bond donors (Lipinski definition) is 1. The van der Waals surface area contributed by atoms with Crippen molar-refractivity contribution in [2.75, 3.05) is 6.54 Å². The molecular formula is C11H14BrN. The fourth-order valence-corrected chi connectivity index (χ4v) is 2.10. The first-order chi connectivity index (χ1) is 6.27. The van der Waals surface area contributed by atoms with Crippen molar-refractivity contribution in [2.45, 2.75) is 25.8 Å². The first-order valence-corrected chi connectivity index (χ1v) is 5.56. The van der Waals surface area contributed by atoms with Crippen molar-refractivity contribution in [3.8, 4) is 0 Å². The molecule has 2 heteroatoms. The number of nitrogens with one attached hydrogen (secondary N) is 1. The van der Waals surface area contributed by atoms with Gasteiger partial charge >= 0.3 is 0 Å². The highest BCUT2D eigenvalue weighted by atomic mass is 79.9. The van der Waals surface area contributed by atoms with E-state index >= 15 is 0 Å². The van der Waals surface area contributed by atoms with E-state index in [1.807, 2.05) is 0 Å². The SMILES string of the molecule is Cc1cc([C@H]2CCCN2)ccc1Br. The summed E-state index contributed by atoms with van der Waals surface area (Å²) in [4.78, 5) is 0. The van der Waals surface area contributed by atoms with Crippen LogP contribution in [0.1, 0.15) is 30.0 Å². The van der Waals surface area contributed by atoms with Crippen LogP contribution < -0.4 is 5.32 Å². The smallest absolute Gasteiger partial charge is 0.0320 e. The standard InChI is InChI=1S/C11H14BrN/c1-8-7-9(4-5-10(8)12)11-3-2-6-13-11/h4-5,7,11,13H,2-3,6H2,1H3/t11-/m1/s1. The van der Waals surface area contributed by atoms with Crippen molar-refractivity contribution in [1.82, 2.24) is 5.32 Å². The molecule has 1 aliphatic rings. The minimum absolute atomic E-state index is 0.590. The van der Waals surface area contributed by atoms with Gasteiger partial charge in [0.2, 0.25) is 0 Å². The summed E-state index contributed by atoms with van der Waals surface area (Å²) >= 11 is 3.52. The van der Waals surface area contributed by atoms with E-state index in [4.69, 9.17) is 0 Å². The molecular weight excluding hydrogens is 226 g/mol. The van der Waals surface area contributed by atoms with Crippen LogP contribution in [0, 0.1) is 6.92 Å². The maximum Gasteiger partial charge on any atom is 0.0320 e. The lowest BCUT2D eigenvalue weighted by Crippen LogP contribution is -2.12. The summed E-state index contributed by atoms with van der Waals surface area (Å²) in [5, 5.41) is 3.50. The molecule has 0 aromatic heterocycles. The minimum atomic E-state index is 0.590. The quantitative estimate of drug-likeness (QED) is 0.794. The predicted molar refractivity (Wildman–Crippen MR) is 58.9 cm³/mol. The lowest BCUT2D eigenvalue weighted by atomic mass is 10.0. The van der Waals surface area contributed by atoms with E-state index in [-0.39, 0.29) is 0 Å². The molecule has 1 saturated heterocycles. The Labute approximate surface area is 87.7 Å². The number of hydrogen-bond acceptors (Lipinski definition) is 1. The van der Waals surface area contributed by atoms with Gasteiger partial charge < -0.3 is 5.32 Å². The molecule has 1 aromatic carbocycles. The van der Waals surface area contributed by atoms with Gasteiger partial charge in [-0.25, -0.2) is 0 Å². The van der Waals surface area contributed by atoms with Gasteiger partial charge in [-0.05, 0) is 43.5 Å². The second-order valence-electron chi connectivity index (χ2n) is 3.66. The van der Waals surface area contributed by atoms with E-state index in [0.717, 1.165) is 0 Å². The van der Waals surface area contributed by atoms with Gasteiger partial charge in [0.15, 0.2) is 0 Å². The van der Waals surface area contributed by atoms with Crippen LogP contribution in [0.3, 0.4) is 0 Å². The van der Waals surface area contributed by atoms with E-state index < -0.39 is 0 Å². The van der Waals surface area contributed by atoms with Crippen molar-refractivity contribution in [3.05, 3.63) is 33.8 Å². The minimum Gasteiger partial charge on any atom is -0.310 e. The summed E-state index contributed by atoms with van der Waals surface area (Å²) < 4.78 is 1.20. The Hall–Kier alpha value is -0.340. The maximum absolute atomic E-state index is 3.52. The van der Waals surface area contributed by atoms with Crippen molar-refractivity contribution < 1.29 is 0 Å². The molecule has 1 fully saturated rings. The van der Waals surface area contributed by atoms with E-state index in [1.165, 1.54) is 35.0 Å². The van der Waals surface area contributed by atoms with Crippen molar-refractivity contribution >= 4 is 15.9 Å². The molecule has 2 rings (SSSR count). The normalized spacial score (nSPS) is 22.2. The van der Waals surface area contributed by atoms with Gasteiger partial charge in [-0.15, -0.1) is 0 Å². The van der Waals surface area contributed by atoms with Crippen LogP contribution in [0.2, 0.25) is 0 Å². The van der Waals surface area contributed by atoms with Crippen molar-refractivity contribution in [1.29, 1.82) is 0 Å². The summed E-state index contributed by atoms with van der Waals surface area (Å²) in [6.45, 7) is 3.31. The fraction of sp³-hybridized carbons (Fsp3) is 0.455. The summed E-state index contributed by atoms with van der Waals surface area (Å²) in [6, 6.07) is 7.21. The molecule has 1 heterocycles. The zero-order valence-corrected chi connectivity index (χ0v) is 9.39. The molecule has 0 amide bonds. The van der Waals surface area contributed by atoms with Gasteiger partial charge in [-0.1, -0.05) is 28.1 Å². The van der Waals surface area contributed by atoms with Gasteiger partial charge in [0.05, 0.1) is 0 Å². The molecule has 0 unspecified atom stereocenters. The van der Waals surface area contributed by atoms with Crippen LogP contribution in [0.4, 0.5) is 0 Å². The highest BCUT2D eigenvalue weighted by Gasteiger charge is 2.15. The van der Waals surface area contributed by atoms with Crippen LogP contribution >= 0.6 is 15.9 Å². The first-order valence-electron chi connectivity index (χ1n) is 4.77. The summed E-state index contributed by atoms with van der Waals surface area (Å²) in [7, 11) is 0. The zero-order valence-electron chi connectivity index (χ0n) is 7.81. The molecule has 1 atom stereocenters. The molecule has 1 nitrogen and oxygen atoms in total. The molecule has 1 aromatic rings. The van der Waals surface area contributed by atoms with Crippen LogP contribution in [0.25, 0.3) is 0 Å². The van der Waals surface area contributed by atoms with Gasteiger partial charge in [0, 0.05) is 10.5 Å². The Kier molecular flexibility index (Phi) is 2.70. The van der Waals surface area contributed by atoms with Crippen molar-refractivity contribution in [3.63, 3.8) is 0 Å². The molecule has 1 aliphatic heterocycles. The van der Waals surface area contributed by atoms with Crippen LogP contribution in [-0.4, -0.2) is 6.54 Å². The maximum atomic E-state index is 3.52. The number of aryl methyl sites for hydroxylation is 1. The fourth-order valence-electron chi connectivity index (χ4n) is 1.85. The molecule has 0 radical (unpaired) electrons. The highest BCUT2D eigenvalue weighted by Crippen LogP contribution is 2.26. The van der Waals surface area contributed by atoms with Crippen LogP contribution in [0.5, 0.6) is 0 Å². The van der Waals surface area contributed by atoms with Gasteiger partial charge in [-0.2, -0.15) is 0 Å². The Morgan fingerprint density at radius 1 is 1.46 bits per heavy atom. The highest BCUT2D eigenvalue weighted by molar-refractivity contribution is 9.10. The number of benzene rings is 1. The Bertz CT molecular complexity index is 303. The van der Waals surface area contributed by atoms with Gasteiger partial charge in [0.25, 0.3) is 0 Å². The Morgan fingerprint density at radius 3 is 2.92 bits per heavy atom. The van der Waals surface area contributed by atoms with E-state index in [1.54, 1.807) is 0 Å². The molecule has 13 heavy (non-hydrogen) atoms. The van der Waals surface area contributed by atoms with Crippen LogP contribution in [0.15, 0.2) is 22.7 Å². The van der Waals surface area contributed by atoms with Gasteiger partial charge in [-0.3, -0.25) is 0 Å². The molecule has 70 valence electrons. The second kappa shape index (κ2) is 3.81. The molecule has 0 bridgehead atoms. The molecule has 1 N–H and O–H groups in total. The average Bonchev–Trinajstić information content (AvgIpc) is 2.62. The Morgan fingerprint density at radius 2 is 2.31 bits per heavy atom.